The first-order valence-corrected chi connectivity index (χ1v) is 6.76. The summed E-state index contributed by atoms with van der Waals surface area (Å²) in [5, 5.41) is 0. The molecule has 0 aliphatic carbocycles. The molecule has 0 aliphatic rings. The summed E-state index contributed by atoms with van der Waals surface area (Å²) in [6.07, 6.45) is 2.14. The Labute approximate surface area is 123 Å². The first-order valence-electron chi connectivity index (χ1n) is 6.76. The topological polar surface area (TPSA) is 64.3 Å². The van der Waals surface area contributed by atoms with Crippen molar-refractivity contribution < 1.29 is 9.13 Å². The molecule has 112 valence electrons. The fraction of sp³-hybridized carbons (Fsp3) is 0.333. The van der Waals surface area contributed by atoms with Crippen LogP contribution in [-0.2, 0) is 0 Å². The van der Waals surface area contributed by atoms with Crippen LogP contribution in [-0.4, -0.2) is 30.2 Å². The number of nitrogens with two attached hydrogens (primary N) is 1. The summed E-state index contributed by atoms with van der Waals surface area (Å²) in [5.74, 6) is 0.806. The lowest BCUT2D eigenvalue weighted by molar-refractivity contribution is 0.393. The molecule has 2 N–H and O–H groups in total. The predicted octanol–water partition coefficient (Wildman–Crippen LogP) is 2.42. The van der Waals surface area contributed by atoms with E-state index >= 15 is 0 Å². The van der Waals surface area contributed by atoms with Crippen LogP contribution in [0.15, 0.2) is 30.6 Å². The average Bonchev–Trinajstić information content (AvgIpc) is 2.50. The van der Waals surface area contributed by atoms with Gasteiger partial charge in [0.2, 0.25) is 5.88 Å². The third-order valence-corrected chi connectivity index (χ3v) is 3.19. The summed E-state index contributed by atoms with van der Waals surface area (Å²) in [5.41, 5.74) is 6.82. The molecule has 0 unspecified atom stereocenters. The SMILES string of the molecule is COc1ncnc(N(CCCN)c2ccccc2F)c1C. The Morgan fingerprint density at radius 1 is 1.29 bits per heavy atom. The molecule has 6 heteroatoms. The predicted molar refractivity (Wildman–Crippen MR) is 80.4 cm³/mol. The molecule has 5 nitrogen and oxygen atoms in total. The standard InChI is InChI=1S/C15H19FN4O/c1-11-14(18-10-19-15(11)21-2)20(9-5-8-17)13-7-4-3-6-12(13)16/h3-4,6-7,10H,5,8-9,17H2,1-2H3. The summed E-state index contributed by atoms with van der Waals surface area (Å²) >= 11 is 0. The van der Waals surface area contributed by atoms with Crippen LogP contribution in [0.5, 0.6) is 5.88 Å². The second-order valence-corrected chi connectivity index (χ2v) is 4.58. The number of hydrogen-bond donors (Lipinski definition) is 1. The van der Waals surface area contributed by atoms with E-state index in [2.05, 4.69) is 9.97 Å². The first kappa shape index (κ1) is 15.2. The molecule has 0 bridgehead atoms. The van der Waals surface area contributed by atoms with Gasteiger partial charge in [-0.05, 0) is 32.0 Å². The Morgan fingerprint density at radius 2 is 2.05 bits per heavy atom. The number of hydrogen-bond acceptors (Lipinski definition) is 5. The molecule has 2 aromatic rings. The van der Waals surface area contributed by atoms with Crippen molar-refractivity contribution in [2.45, 2.75) is 13.3 Å². The minimum absolute atomic E-state index is 0.300. The van der Waals surface area contributed by atoms with Gasteiger partial charge >= 0.3 is 0 Å². The summed E-state index contributed by atoms with van der Waals surface area (Å²) in [7, 11) is 1.55. The van der Waals surface area contributed by atoms with Crippen LogP contribution in [0.3, 0.4) is 0 Å². The van der Waals surface area contributed by atoms with Crippen molar-refractivity contribution in [3.05, 3.63) is 42.0 Å². The third kappa shape index (κ3) is 3.28. The molecule has 0 radical (unpaired) electrons. The van der Waals surface area contributed by atoms with Crippen molar-refractivity contribution in [2.24, 2.45) is 5.73 Å². The average molecular weight is 290 g/mol. The van der Waals surface area contributed by atoms with E-state index in [4.69, 9.17) is 10.5 Å². The minimum Gasteiger partial charge on any atom is -0.481 e. The van der Waals surface area contributed by atoms with Gasteiger partial charge in [-0.1, -0.05) is 12.1 Å². The van der Waals surface area contributed by atoms with E-state index < -0.39 is 0 Å². The van der Waals surface area contributed by atoms with Gasteiger partial charge in [0.15, 0.2) is 0 Å². The maximum atomic E-state index is 14.1. The second kappa shape index (κ2) is 6.99. The van der Waals surface area contributed by atoms with Gasteiger partial charge in [0.1, 0.15) is 18.0 Å². The van der Waals surface area contributed by atoms with Gasteiger partial charge in [-0.25, -0.2) is 14.4 Å². The van der Waals surface area contributed by atoms with Gasteiger partial charge in [0.05, 0.1) is 18.4 Å². The largest absolute Gasteiger partial charge is 0.481 e. The highest BCUT2D eigenvalue weighted by molar-refractivity contribution is 5.64. The van der Waals surface area contributed by atoms with E-state index in [-0.39, 0.29) is 5.82 Å². The normalized spacial score (nSPS) is 10.5. The van der Waals surface area contributed by atoms with Crippen LogP contribution in [0.2, 0.25) is 0 Å². The van der Waals surface area contributed by atoms with Crippen LogP contribution < -0.4 is 15.4 Å². The number of anilines is 2. The zero-order valence-electron chi connectivity index (χ0n) is 12.2. The third-order valence-electron chi connectivity index (χ3n) is 3.19. The lowest BCUT2D eigenvalue weighted by Crippen LogP contribution is -2.24. The van der Waals surface area contributed by atoms with E-state index in [9.17, 15) is 4.39 Å². The first-order chi connectivity index (χ1) is 10.2. The second-order valence-electron chi connectivity index (χ2n) is 4.58. The molecule has 0 fully saturated rings. The number of nitrogens with zero attached hydrogens (tertiary/aromatic N) is 3. The van der Waals surface area contributed by atoms with Crippen LogP contribution in [0.1, 0.15) is 12.0 Å². The van der Waals surface area contributed by atoms with Gasteiger partial charge in [0, 0.05) is 6.54 Å². The number of benzene rings is 1. The molecule has 1 aromatic carbocycles. The maximum Gasteiger partial charge on any atom is 0.221 e. The van der Waals surface area contributed by atoms with Crippen LogP contribution in [0, 0.1) is 12.7 Å². The van der Waals surface area contributed by atoms with Crippen LogP contribution >= 0.6 is 0 Å². The van der Waals surface area contributed by atoms with Crippen molar-refractivity contribution in [1.82, 2.24) is 9.97 Å². The minimum atomic E-state index is -0.300. The quantitative estimate of drug-likeness (QED) is 0.885. The lowest BCUT2D eigenvalue weighted by atomic mass is 10.2. The highest BCUT2D eigenvalue weighted by atomic mass is 19.1. The fourth-order valence-corrected chi connectivity index (χ4v) is 2.16. The molecule has 0 saturated carbocycles. The van der Waals surface area contributed by atoms with Crippen LogP contribution in [0.4, 0.5) is 15.9 Å². The zero-order chi connectivity index (χ0) is 15.2. The Morgan fingerprint density at radius 3 is 2.71 bits per heavy atom. The summed E-state index contributed by atoms with van der Waals surface area (Å²) < 4.78 is 19.3. The van der Waals surface area contributed by atoms with E-state index in [1.165, 1.54) is 12.4 Å². The maximum absolute atomic E-state index is 14.1. The number of aromatic nitrogens is 2. The number of rotatable bonds is 6. The summed E-state index contributed by atoms with van der Waals surface area (Å²) in [6.45, 7) is 2.94. The fourth-order valence-electron chi connectivity index (χ4n) is 2.16. The lowest BCUT2D eigenvalue weighted by Gasteiger charge is -2.25. The zero-order valence-corrected chi connectivity index (χ0v) is 12.2. The smallest absolute Gasteiger partial charge is 0.221 e. The highest BCUT2D eigenvalue weighted by Gasteiger charge is 2.18. The molecule has 0 atom stereocenters. The van der Waals surface area contributed by atoms with E-state index in [1.807, 2.05) is 11.8 Å². The van der Waals surface area contributed by atoms with Gasteiger partial charge in [0.25, 0.3) is 0 Å². The molecule has 1 heterocycles. The Kier molecular flexibility index (Phi) is 5.05. The van der Waals surface area contributed by atoms with Gasteiger partial charge in [-0.3, -0.25) is 0 Å². The number of methoxy groups -OCH3 is 1. The molecule has 0 amide bonds. The molecule has 2 rings (SSSR count). The molecular formula is C15H19FN4O. The van der Waals surface area contributed by atoms with Gasteiger partial charge < -0.3 is 15.4 Å². The number of para-hydroxylation sites is 1. The molecule has 1 aromatic heterocycles. The van der Waals surface area contributed by atoms with E-state index in [0.717, 1.165) is 12.0 Å². The van der Waals surface area contributed by atoms with Crippen molar-refractivity contribution in [2.75, 3.05) is 25.1 Å². The van der Waals surface area contributed by atoms with E-state index in [1.54, 1.807) is 25.3 Å². The summed E-state index contributed by atoms with van der Waals surface area (Å²) in [6, 6.07) is 6.60. The highest BCUT2D eigenvalue weighted by Crippen LogP contribution is 2.31. The monoisotopic (exact) mass is 290 g/mol. The molecule has 0 saturated heterocycles. The van der Waals surface area contributed by atoms with Crippen molar-refractivity contribution in [1.29, 1.82) is 0 Å². The molecular weight excluding hydrogens is 271 g/mol. The van der Waals surface area contributed by atoms with Crippen LogP contribution in [0.25, 0.3) is 0 Å². The Bertz CT molecular complexity index is 606. The summed E-state index contributed by atoms with van der Waals surface area (Å²) in [4.78, 5) is 10.1. The van der Waals surface area contributed by atoms with Crippen molar-refractivity contribution >= 4 is 11.5 Å². The van der Waals surface area contributed by atoms with Crippen molar-refractivity contribution in [3.8, 4) is 5.88 Å². The number of ether oxygens (including phenoxy) is 1. The van der Waals surface area contributed by atoms with Gasteiger partial charge in [-0.2, -0.15) is 0 Å². The Hall–Kier alpha value is -2.21. The molecule has 0 spiro atoms. The Balaban J connectivity index is 2.48. The number of halogens is 1. The molecule has 0 aliphatic heterocycles. The van der Waals surface area contributed by atoms with Gasteiger partial charge in [-0.15, -0.1) is 0 Å². The molecule has 21 heavy (non-hydrogen) atoms. The van der Waals surface area contributed by atoms with Crippen molar-refractivity contribution in [3.63, 3.8) is 0 Å². The van der Waals surface area contributed by atoms with E-state index in [0.29, 0.717) is 30.5 Å².